The number of nitrogens with zero attached hydrogens (tertiary/aromatic N) is 6. The third-order valence-electron chi connectivity index (χ3n) is 7.19. The fourth-order valence-electron chi connectivity index (χ4n) is 5.32. The van der Waals surface area contributed by atoms with Crippen molar-refractivity contribution in [1.82, 2.24) is 24.2 Å². The molecule has 32 heavy (non-hydrogen) atoms. The highest BCUT2D eigenvalue weighted by Crippen LogP contribution is 2.45. The number of nitrogens with one attached hydrogen (secondary N) is 1. The van der Waals surface area contributed by atoms with Crippen LogP contribution in [-0.2, 0) is 23.0 Å². The third kappa shape index (κ3) is 2.93. The molecule has 1 spiro atoms. The standard InChI is InChI=1S/C21H24ClN7O2S/c1-13-7-16-15(9-28(13)17-8-18(22)26-19-14(17)3-5-23-19)20(25-12-24-16)29-6-4-21(29)10-27(11-21)32(2,30)31/h3,5,8,12-13H,4,6-7,9-11H2,1-2H3,(H,23,26). The van der Waals surface area contributed by atoms with E-state index in [4.69, 9.17) is 11.6 Å². The molecule has 2 fully saturated rings. The van der Waals surface area contributed by atoms with E-state index in [1.165, 1.54) is 6.26 Å². The average Bonchev–Trinajstić information content (AvgIpc) is 3.12. The van der Waals surface area contributed by atoms with Crippen LogP contribution in [0.15, 0.2) is 24.7 Å². The highest BCUT2D eigenvalue weighted by atomic mass is 35.5. The lowest BCUT2D eigenvalue weighted by atomic mass is 9.78. The molecule has 1 N–H and O–H groups in total. The first-order valence-electron chi connectivity index (χ1n) is 10.7. The van der Waals surface area contributed by atoms with Crippen molar-refractivity contribution in [3.05, 3.63) is 41.1 Å². The number of halogens is 1. The summed E-state index contributed by atoms with van der Waals surface area (Å²) in [6.07, 6.45) is 6.57. The molecule has 168 valence electrons. The van der Waals surface area contributed by atoms with Gasteiger partial charge in [0, 0.05) is 55.8 Å². The van der Waals surface area contributed by atoms with Crippen molar-refractivity contribution in [2.75, 3.05) is 35.7 Å². The summed E-state index contributed by atoms with van der Waals surface area (Å²) >= 11 is 6.33. The molecule has 0 saturated carbocycles. The summed E-state index contributed by atoms with van der Waals surface area (Å²) < 4.78 is 25.4. The van der Waals surface area contributed by atoms with Gasteiger partial charge in [0.15, 0.2) is 0 Å². The first-order valence-corrected chi connectivity index (χ1v) is 12.9. The lowest BCUT2D eigenvalue weighted by molar-refractivity contribution is 0.0916. The van der Waals surface area contributed by atoms with Gasteiger partial charge in [-0.1, -0.05) is 11.6 Å². The van der Waals surface area contributed by atoms with Crippen molar-refractivity contribution >= 4 is 44.2 Å². The van der Waals surface area contributed by atoms with Gasteiger partial charge in [0.2, 0.25) is 10.0 Å². The van der Waals surface area contributed by atoms with Crippen LogP contribution in [0.25, 0.3) is 11.0 Å². The van der Waals surface area contributed by atoms with Crippen molar-refractivity contribution in [2.45, 2.75) is 37.9 Å². The van der Waals surface area contributed by atoms with Gasteiger partial charge >= 0.3 is 0 Å². The van der Waals surface area contributed by atoms with Crippen LogP contribution in [0.4, 0.5) is 11.5 Å². The number of hydrogen-bond acceptors (Lipinski definition) is 7. The number of sulfonamides is 1. The van der Waals surface area contributed by atoms with E-state index in [9.17, 15) is 8.42 Å². The number of hydrogen-bond donors (Lipinski definition) is 1. The maximum atomic E-state index is 11.9. The smallest absolute Gasteiger partial charge is 0.211 e. The Morgan fingerprint density at radius 3 is 2.81 bits per heavy atom. The summed E-state index contributed by atoms with van der Waals surface area (Å²) in [7, 11) is -3.16. The number of anilines is 2. The van der Waals surface area contributed by atoms with Crippen molar-refractivity contribution in [3.63, 3.8) is 0 Å². The fourth-order valence-corrected chi connectivity index (χ4v) is 6.46. The molecule has 3 aliphatic rings. The van der Waals surface area contributed by atoms with Crippen LogP contribution in [-0.4, -0.2) is 70.1 Å². The molecule has 0 bridgehead atoms. The minimum Gasteiger partial charge on any atom is -0.363 e. The monoisotopic (exact) mass is 473 g/mol. The van der Waals surface area contributed by atoms with Crippen LogP contribution in [0, 0.1) is 0 Å². The molecular weight excluding hydrogens is 450 g/mol. The van der Waals surface area contributed by atoms with Crippen molar-refractivity contribution in [2.24, 2.45) is 0 Å². The maximum Gasteiger partial charge on any atom is 0.211 e. The van der Waals surface area contributed by atoms with Gasteiger partial charge in [0.1, 0.15) is 22.9 Å². The molecule has 3 aromatic rings. The summed E-state index contributed by atoms with van der Waals surface area (Å²) in [5.74, 6) is 0.928. The molecule has 0 aromatic carbocycles. The first-order chi connectivity index (χ1) is 15.2. The van der Waals surface area contributed by atoms with Crippen LogP contribution < -0.4 is 9.80 Å². The van der Waals surface area contributed by atoms with E-state index in [0.29, 0.717) is 24.8 Å². The largest absolute Gasteiger partial charge is 0.363 e. The van der Waals surface area contributed by atoms with Gasteiger partial charge in [-0.15, -0.1) is 0 Å². The second-order valence-electron chi connectivity index (χ2n) is 9.16. The van der Waals surface area contributed by atoms with Crippen LogP contribution in [0.5, 0.6) is 0 Å². The van der Waals surface area contributed by atoms with Crippen molar-refractivity contribution in [3.8, 4) is 0 Å². The maximum absolute atomic E-state index is 11.9. The quantitative estimate of drug-likeness (QED) is 0.582. The molecule has 1 unspecified atom stereocenters. The molecule has 0 aliphatic carbocycles. The molecular formula is C21H24ClN7O2S. The van der Waals surface area contributed by atoms with Gasteiger partial charge in [-0.05, 0) is 25.5 Å². The molecule has 3 aliphatic heterocycles. The van der Waals surface area contributed by atoms with Gasteiger partial charge in [-0.3, -0.25) is 0 Å². The number of aromatic nitrogens is 4. The second kappa shape index (κ2) is 6.79. The van der Waals surface area contributed by atoms with Crippen LogP contribution >= 0.6 is 11.6 Å². The van der Waals surface area contributed by atoms with Crippen LogP contribution in [0.3, 0.4) is 0 Å². The van der Waals surface area contributed by atoms with Crippen LogP contribution in [0.2, 0.25) is 5.15 Å². The summed E-state index contributed by atoms with van der Waals surface area (Å²) in [6, 6.07) is 4.18. The first kappa shape index (κ1) is 20.2. The molecule has 6 rings (SSSR count). The van der Waals surface area contributed by atoms with E-state index in [-0.39, 0.29) is 11.6 Å². The Hall–Kier alpha value is -2.43. The Morgan fingerprint density at radius 1 is 1.28 bits per heavy atom. The molecule has 11 heteroatoms. The molecule has 0 radical (unpaired) electrons. The van der Waals surface area contributed by atoms with E-state index >= 15 is 0 Å². The van der Waals surface area contributed by atoms with Crippen molar-refractivity contribution in [1.29, 1.82) is 0 Å². The highest BCUT2D eigenvalue weighted by molar-refractivity contribution is 7.88. The minimum absolute atomic E-state index is 0.146. The SMILES string of the molecule is CC1Cc2ncnc(N3CCC34CN(S(C)(=O)=O)C4)c2CN1c1cc(Cl)nc2[nH]ccc12. The normalized spacial score (nSPS) is 22.7. The van der Waals surface area contributed by atoms with Gasteiger partial charge < -0.3 is 14.8 Å². The third-order valence-corrected chi connectivity index (χ3v) is 8.58. The number of rotatable bonds is 3. The summed E-state index contributed by atoms with van der Waals surface area (Å²) in [6.45, 7) is 4.78. The molecule has 1 atom stereocenters. The predicted octanol–water partition coefficient (Wildman–Crippen LogP) is 2.18. The Labute approximate surface area is 191 Å². The molecule has 6 heterocycles. The summed E-state index contributed by atoms with van der Waals surface area (Å²) in [4.78, 5) is 21.5. The Balaban J connectivity index is 1.36. The van der Waals surface area contributed by atoms with Crippen molar-refractivity contribution < 1.29 is 8.42 Å². The zero-order chi connectivity index (χ0) is 22.3. The number of pyridine rings is 1. The lowest BCUT2D eigenvalue weighted by Gasteiger charge is -2.62. The molecule has 0 amide bonds. The lowest BCUT2D eigenvalue weighted by Crippen LogP contribution is -2.78. The number of fused-ring (bicyclic) bond motifs is 2. The summed E-state index contributed by atoms with van der Waals surface area (Å²) in [5, 5.41) is 1.49. The predicted molar refractivity (Wildman–Crippen MR) is 124 cm³/mol. The zero-order valence-corrected chi connectivity index (χ0v) is 19.5. The van der Waals surface area contributed by atoms with E-state index in [0.717, 1.165) is 53.2 Å². The highest BCUT2D eigenvalue weighted by Gasteiger charge is 2.57. The van der Waals surface area contributed by atoms with Gasteiger partial charge in [0.05, 0.1) is 23.2 Å². The Kier molecular flexibility index (Phi) is 4.28. The topological polar surface area (TPSA) is 98.3 Å². The molecule has 3 aromatic heterocycles. The minimum atomic E-state index is -3.16. The Bertz CT molecular complexity index is 1340. The van der Waals surface area contributed by atoms with E-state index in [1.807, 2.05) is 18.3 Å². The molecule has 9 nitrogen and oxygen atoms in total. The fraction of sp³-hybridized carbons (Fsp3) is 0.476. The Morgan fingerprint density at radius 2 is 2.09 bits per heavy atom. The zero-order valence-electron chi connectivity index (χ0n) is 17.9. The van der Waals surface area contributed by atoms with E-state index < -0.39 is 10.0 Å². The number of H-pyrrole nitrogens is 1. The van der Waals surface area contributed by atoms with E-state index in [2.05, 4.69) is 36.7 Å². The van der Waals surface area contributed by atoms with E-state index in [1.54, 1.807) is 10.6 Å². The second-order valence-corrected chi connectivity index (χ2v) is 11.5. The van der Waals surface area contributed by atoms with Gasteiger partial charge in [0.25, 0.3) is 0 Å². The van der Waals surface area contributed by atoms with Crippen LogP contribution in [0.1, 0.15) is 24.6 Å². The molecule has 2 saturated heterocycles. The summed E-state index contributed by atoms with van der Waals surface area (Å²) in [5.41, 5.74) is 3.84. The van der Waals surface area contributed by atoms with Gasteiger partial charge in [-0.25, -0.2) is 23.4 Å². The van der Waals surface area contributed by atoms with Gasteiger partial charge in [-0.2, -0.15) is 4.31 Å². The number of aromatic amines is 1. The average molecular weight is 474 g/mol.